The highest BCUT2D eigenvalue weighted by Gasteiger charge is 2.30. The smallest absolute Gasteiger partial charge is 0.243 e. The topological polar surface area (TPSA) is 61.9 Å². The molecule has 1 N–H and O–H groups in total. The minimum Gasteiger partial charge on any atom is -0.489 e. The van der Waals surface area contributed by atoms with Crippen LogP contribution >= 0.6 is 11.6 Å². The summed E-state index contributed by atoms with van der Waals surface area (Å²) in [6.45, 7) is 10.5. The molecule has 0 aliphatic carbocycles. The first kappa shape index (κ1) is 30.6. The maximum atomic E-state index is 13.3. The Morgan fingerprint density at radius 1 is 0.952 bits per heavy atom. The summed E-state index contributed by atoms with van der Waals surface area (Å²) in [6, 6.07) is 23.5. The summed E-state index contributed by atoms with van der Waals surface area (Å²) < 4.78 is 34.4. The van der Waals surface area contributed by atoms with E-state index in [2.05, 4.69) is 23.7 Å². The zero-order chi connectivity index (χ0) is 29.5. The average molecular weight is 608 g/mol. The first-order chi connectivity index (χ1) is 20.3. The van der Waals surface area contributed by atoms with Gasteiger partial charge < -0.3 is 15.0 Å². The fourth-order valence-electron chi connectivity index (χ4n) is 5.87. The maximum absolute atomic E-state index is 13.3. The second-order valence-electron chi connectivity index (χ2n) is 11.4. The molecule has 0 amide bonds. The molecule has 0 saturated carbocycles. The van der Waals surface area contributed by atoms with Crippen LogP contribution in [0.4, 0.5) is 0 Å². The van der Waals surface area contributed by atoms with E-state index in [-0.39, 0.29) is 6.10 Å². The van der Waals surface area contributed by atoms with E-state index in [0.717, 1.165) is 41.9 Å². The molecule has 5 rings (SSSR count). The van der Waals surface area contributed by atoms with Gasteiger partial charge in [0.1, 0.15) is 11.9 Å². The Morgan fingerprint density at radius 3 is 2.36 bits per heavy atom. The van der Waals surface area contributed by atoms with Gasteiger partial charge in [-0.1, -0.05) is 67.1 Å². The lowest BCUT2D eigenvalue weighted by atomic mass is 10.0. The molecule has 0 radical (unpaired) electrons. The number of nitrogens with one attached hydrogen (secondary N) is 1. The van der Waals surface area contributed by atoms with Gasteiger partial charge in [-0.25, -0.2) is 8.42 Å². The molecule has 0 bridgehead atoms. The van der Waals surface area contributed by atoms with E-state index in [1.165, 1.54) is 25.8 Å². The van der Waals surface area contributed by atoms with Crippen molar-refractivity contribution < 1.29 is 13.2 Å². The Morgan fingerprint density at radius 2 is 1.67 bits per heavy atom. The van der Waals surface area contributed by atoms with E-state index < -0.39 is 10.0 Å². The highest BCUT2D eigenvalue weighted by atomic mass is 35.5. The first-order valence-electron chi connectivity index (χ1n) is 15.1. The summed E-state index contributed by atoms with van der Waals surface area (Å²) in [5.74, 6) is 0.616. The molecular weight excluding hydrogens is 566 g/mol. The number of likely N-dealkylation sites (tertiary alicyclic amines) is 1. The molecule has 0 spiro atoms. The molecule has 1 unspecified atom stereocenters. The van der Waals surface area contributed by atoms with Crippen LogP contribution in [0.5, 0.6) is 5.75 Å². The third-order valence-electron chi connectivity index (χ3n) is 8.48. The quantitative estimate of drug-likeness (QED) is 0.236. The monoisotopic (exact) mass is 607 g/mol. The van der Waals surface area contributed by atoms with Crippen LogP contribution in [0, 0.1) is 0 Å². The van der Waals surface area contributed by atoms with Crippen LogP contribution in [0.25, 0.3) is 16.8 Å². The van der Waals surface area contributed by atoms with Crippen molar-refractivity contribution in [2.75, 3.05) is 32.7 Å². The predicted octanol–water partition coefficient (Wildman–Crippen LogP) is 7.06. The molecule has 6 nitrogen and oxygen atoms in total. The van der Waals surface area contributed by atoms with Gasteiger partial charge in [0, 0.05) is 37.9 Å². The van der Waals surface area contributed by atoms with Gasteiger partial charge in [-0.15, -0.1) is 0 Å². The van der Waals surface area contributed by atoms with Crippen molar-refractivity contribution in [3.8, 4) is 16.9 Å². The van der Waals surface area contributed by atoms with Gasteiger partial charge in [-0.2, -0.15) is 4.31 Å². The van der Waals surface area contributed by atoms with E-state index in [1.807, 2.05) is 60.7 Å². The summed E-state index contributed by atoms with van der Waals surface area (Å²) in [5.41, 5.74) is 3.85. The lowest BCUT2D eigenvalue weighted by molar-refractivity contribution is 0.135. The van der Waals surface area contributed by atoms with Crippen LogP contribution in [0.2, 0.25) is 5.02 Å². The Bertz CT molecular complexity index is 1440. The van der Waals surface area contributed by atoms with Crippen LogP contribution in [0.1, 0.15) is 51.0 Å². The van der Waals surface area contributed by atoms with Crippen molar-refractivity contribution in [2.24, 2.45) is 0 Å². The normalized spacial score (nSPS) is 19.0. The Kier molecular flexibility index (Phi) is 10.3. The number of hydrogen-bond acceptors (Lipinski definition) is 5. The molecule has 3 aromatic carbocycles. The number of rotatable bonds is 11. The predicted molar refractivity (Wildman–Crippen MR) is 172 cm³/mol. The van der Waals surface area contributed by atoms with Crippen LogP contribution in [-0.4, -0.2) is 62.5 Å². The highest BCUT2D eigenvalue weighted by molar-refractivity contribution is 7.89. The van der Waals surface area contributed by atoms with E-state index in [9.17, 15) is 8.42 Å². The molecule has 3 aromatic rings. The molecule has 224 valence electrons. The molecule has 2 aliphatic heterocycles. The van der Waals surface area contributed by atoms with E-state index in [1.54, 1.807) is 16.4 Å². The fraction of sp³-hybridized carbons (Fsp3) is 0.412. The second kappa shape index (κ2) is 14.1. The number of piperidine rings is 2. The number of nitrogens with zero attached hydrogens (tertiary/aromatic N) is 2. The largest absolute Gasteiger partial charge is 0.489 e. The molecule has 1 atom stereocenters. The summed E-state index contributed by atoms with van der Waals surface area (Å²) in [5, 5.41) is 3.98. The zero-order valence-electron chi connectivity index (χ0n) is 24.5. The molecule has 2 saturated heterocycles. The summed E-state index contributed by atoms with van der Waals surface area (Å²) >= 11 is 6.60. The van der Waals surface area contributed by atoms with E-state index in [0.29, 0.717) is 47.6 Å². The minimum atomic E-state index is -3.57. The Labute approximate surface area is 256 Å². The molecule has 2 aliphatic rings. The Hall–Kier alpha value is -2.84. The number of sulfonamides is 1. The van der Waals surface area contributed by atoms with Crippen molar-refractivity contribution >= 4 is 27.3 Å². The molecule has 42 heavy (non-hydrogen) atoms. The van der Waals surface area contributed by atoms with Crippen LogP contribution in [0.3, 0.4) is 0 Å². The summed E-state index contributed by atoms with van der Waals surface area (Å²) in [6.07, 6.45) is 6.13. The number of ether oxygens (including phenoxy) is 1. The first-order valence-corrected chi connectivity index (χ1v) is 16.9. The Balaban J connectivity index is 1.09. The highest BCUT2D eigenvalue weighted by Crippen LogP contribution is 2.31. The molecular formula is C34H42ClN3O3S. The number of halogens is 1. The van der Waals surface area contributed by atoms with Gasteiger partial charge in [0.05, 0.1) is 9.92 Å². The summed E-state index contributed by atoms with van der Waals surface area (Å²) in [7, 11) is -3.57. The van der Waals surface area contributed by atoms with E-state index in [4.69, 9.17) is 16.3 Å². The lowest BCUT2D eigenvalue weighted by Crippen LogP contribution is -2.41. The average Bonchev–Trinajstić information content (AvgIpc) is 3.02. The van der Waals surface area contributed by atoms with E-state index >= 15 is 0 Å². The van der Waals surface area contributed by atoms with Crippen molar-refractivity contribution in [1.82, 2.24) is 14.5 Å². The lowest BCUT2D eigenvalue weighted by Gasteiger charge is -2.33. The summed E-state index contributed by atoms with van der Waals surface area (Å²) in [4.78, 5) is 2.90. The van der Waals surface area contributed by atoms with Gasteiger partial charge in [0.2, 0.25) is 10.0 Å². The van der Waals surface area contributed by atoms with Crippen LogP contribution < -0.4 is 10.1 Å². The number of benzene rings is 3. The molecule has 2 fully saturated rings. The third kappa shape index (κ3) is 7.56. The van der Waals surface area contributed by atoms with Gasteiger partial charge in [-0.05, 0) is 92.6 Å². The number of hydrogen-bond donors (Lipinski definition) is 1. The third-order valence-corrected chi connectivity index (χ3v) is 10.7. The van der Waals surface area contributed by atoms with Crippen molar-refractivity contribution in [2.45, 2.75) is 62.5 Å². The van der Waals surface area contributed by atoms with Gasteiger partial charge in [0.25, 0.3) is 0 Å². The second-order valence-corrected chi connectivity index (χ2v) is 13.7. The standard InChI is InChI=1S/C34H42ClN3O3S/c1-26-9-6-7-21-37(26)22-8-20-36-27(2)30-14-17-34(33(35)25-30)41-31-18-23-38(24-19-31)42(39,40)32-15-12-29(13-16-32)28-10-4-3-5-11-28/h3-5,10-17,25-26,31,36H,2,6-9,18-24H2,1H3. The van der Waals surface area contributed by atoms with Crippen molar-refractivity contribution in [1.29, 1.82) is 0 Å². The SMILES string of the molecule is C=C(NCCCN1CCCCC1C)c1ccc(OC2CCN(S(=O)(=O)c3ccc(-c4ccccc4)cc3)CC2)c(Cl)c1. The minimum absolute atomic E-state index is 0.0984. The van der Waals surface area contributed by atoms with Crippen LogP contribution in [-0.2, 0) is 10.0 Å². The van der Waals surface area contributed by atoms with Crippen molar-refractivity contribution in [3.05, 3.63) is 90.0 Å². The molecule has 2 heterocycles. The van der Waals surface area contributed by atoms with Gasteiger partial charge in [0.15, 0.2) is 0 Å². The van der Waals surface area contributed by atoms with Crippen LogP contribution in [0.15, 0.2) is 84.3 Å². The van der Waals surface area contributed by atoms with Gasteiger partial charge >= 0.3 is 0 Å². The fourth-order valence-corrected chi connectivity index (χ4v) is 7.56. The molecule has 8 heteroatoms. The maximum Gasteiger partial charge on any atom is 0.243 e. The molecule has 0 aromatic heterocycles. The zero-order valence-corrected chi connectivity index (χ0v) is 26.0. The van der Waals surface area contributed by atoms with Crippen molar-refractivity contribution in [3.63, 3.8) is 0 Å². The van der Waals surface area contributed by atoms with Gasteiger partial charge in [-0.3, -0.25) is 0 Å².